The number of nitrogens with one attached hydrogen (secondary N) is 1. The number of carbonyl (C=O) groups is 2. The third-order valence-corrected chi connectivity index (χ3v) is 4.61. The molecule has 7 nitrogen and oxygen atoms in total. The molecule has 0 saturated carbocycles. The Morgan fingerprint density at radius 1 is 1.48 bits per heavy atom. The van der Waals surface area contributed by atoms with Gasteiger partial charge in [-0.25, -0.2) is 0 Å². The summed E-state index contributed by atoms with van der Waals surface area (Å²) >= 11 is 1.55. The predicted molar refractivity (Wildman–Crippen MR) is 95.7 cm³/mol. The van der Waals surface area contributed by atoms with E-state index < -0.39 is 11.9 Å². The highest BCUT2D eigenvalue weighted by Gasteiger charge is 2.23. The van der Waals surface area contributed by atoms with Gasteiger partial charge < -0.3 is 14.7 Å². The van der Waals surface area contributed by atoms with Gasteiger partial charge in [0.1, 0.15) is 0 Å². The topological polar surface area (TPSA) is 95.5 Å². The second-order valence-electron chi connectivity index (χ2n) is 5.69. The van der Waals surface area contributed by atoms with Gasteiger partial charge in [0.25, 0.3) is 5.91 Å². The maximum absolute atomic E-state index is 12.8. The fourth-order valence-corrected chi connectivity index (χ4v) is 3.03. The van der Waals surface area contributed by atoms with Crippen molar-refractivity contribution in [3.05, 3.63) is 29.3 Å². The smallest absolute Gasteiger partial charge is 0.308 e. The highest BCUT2D eigenvalue weighted by Crippen LogP contribution is 2.23. The molecule has 2 heterocycles. The van der Waals surface area contributed by atoms with Crippen LogP contribution in [0.2, 0.25) is 0 Å². The number of hydrogen-bond donors (Lipinski definition) is 2. The summed E-state index contributed by atoms with van der Waals surface area (Å²) < 4.78 is 5.30. The number of thiophene rings is 1. The SMILES string of the molecule is CCOCCCN(CC(C)C(=O)O)C(=O)c1cc(-c2cccs2)[nH]n1. The Bertz CT molecular complexity index is 684. The molecule has 8 heteroatoms. The second-order valence-corrected chi connectivity index (χ2v) is 6.63. The Morgan fingerprint density at radius 2 is 2.28 bits per heavy atom. The summed E-state index contributed by atoms with van der Waals surface area (Å²) in [5.41, 5.74) is 1.07. The summed E-state index contributed by atoms with van der Waals surface area (Å²) in [6, 6.07) is 5.57. The maximum atomic E-state index is 12.8. The molecule has 0 saturated heterocycles. The number of carbonyl (C=O) groups excluding carboxylic acids is 1. The zero-order valence-corrected chi connectivity index (χ0v) is 15.2. The van der Waals surface area contributed by atoms with Gasteiger partial charge in [0.15, 0.2) is 5.69 Å². The predicted octanol–water partition coefficient (Wildman–Crippen LogP) is 2.73. The van der Waals surface area contributed by atoms with E-state index in [0.29, 0.717) is 26.2 Å². The number of ether oxygens (including phenoxy) is 1. The highest BCUT2D eigenvalue weighted by molar-refractivity contribution is 7.13. The molecule has 0 aliphatic rings. The van der Waals surface area contributed by atoms with Crippen molar-refractivity contribution in [2.75, 3.05) is 26.3 Å². The minimum Gasteiger partial charge on any atom is -0.481 e. The molecule has 1 atom stereocenters. The van der Waals surface area contributed by atoms with Gasteiger partial charge in [-0.05, 0) is 30.9 Å². The summed E-state index contributed by atoms with van der Waals surface area (Å²) in [6.45, 7) is 5.21. The fraction of sp³-hybridized carbons (Fsp3) is 0.471. The first kappa shape index (κ1) is 19.1. The van der Waals surface area contributed by atoms with Gasteiger partial charge in [0.2, 0.25) is 0 Å². The van der Waals surface area contributed by atoms with E-state index in [9.17, 15) is 9.59 Å². The molecule has 0 fully saturated rings. The summed E-state index contributed by atoms with van der Waals surface area (Å²) in [4.78, 5) is 26.4. The summed E-state index contributed by atoms with van der Waals surface area (Å²) in [6.07, 6.45) is 0.647. The molecular weight excluding hydrogens is 342 g/mol. The zero-order chi connectivity index (χ0) is 18.2. The van der Waals surface area contributed by atoms with Gasteiger partial charge in [-0.15, -0.1) is 11.3 Å². The first-order valence-corrected chi connectivity index (χ1v) is 9.10. The lowest BCUT2D eigenvalue weighted by Gasteiger charge is -2.23. The molecule has 25 heavy (non-hydrogen) atoms. The lowest BCUT2D eigenvalue weighted by Crippen LogP contribution is -2.38. The van der Waals surface area contributed by atoms with Gasteiger partial charge in [0, 0.05) is 26.3 Å². The van der Waals surface area contributed by atoms with Crippen LogP contribution in [0, 0.1) is 5.92 Å². The molecule has 0 spiro atoms. The van der Waals surface area contributed by atoms with Crippen LogP contribution in [0.5, 0.6) is 0 Å². The van der Waals surface area contributed by atoms with Crippen LogP contribution in [-0.2, 0) is 9.53 Å². The molecule has 0 radical (unpaired) electrons. The second kappa shape index (κ2) is 9.33. The maximum Gasteiger partial charge on any atom is 0.308 e. The van der Waals surface area contributed by atoms with Crippen LogP contribution in [-0.4, -0.2) is 58.4 Å². The summed E-state index contributed by atoms with van der Waals surface area (Å²) in [5, 5.41) is 18.1. The molecule has 136 valence electrons. The van der Waals surface area contributed by atoms with Crippen LogP contribution in [0.4, 0.5) is 0 Å². The number of aliphatic carboxylic acids is 1. The number of aromatic amines is 1. The third kappa shape index (κ3) is 5.40. The van der Waals surface area contributed by atoms with Crippen molar-refractivity contribution in [1.29, 1.82) is 0 Å². The van der Waals surface area contributed by atoms with Crippen LogP contribution in [0.15, 0.2) is 23.6 Å². The van der Waals surface area contributed by atoms with E-state index >= 15 is 0 Å². The van der Waals surface area contributed by atoms with Gasteiger partial charge in [-0.1, -0.05) is 13.0 Å². The number of H-pyrrole nitrogens is 1. The number of rotatable bonds is 10. The number of carboxylic acids is 1. The Labute approximate surface area is 150 Å². The van der Waals surface area contributed by atoms with Crippen LogP contribution >= 0.6 is 11.3 Å². The van der Waals surface area contributed by atoms with E-state index in [4.69, 9.17) is 9.84 Å². The Morgan fingerprint density at radius 3 is 2.92 bits per heavy atom. The Kier molecular flexibility index (Phi) is 7.15. The van der Waals surface area contributed by atoms with Gasteiger partial charge in [-0.2, -0.15) is 5.10 Å². The molecule has 1 amide bonds. The number of carboxylic acid groups (broad SMARTS) is 1. The number of hydrogen-bond acceptors (Lipinski definition) is 5. The van der Waals surface area contributed by atoms with E-state index in [1.54, 1.807) is 24.3 Å². The molecule has 2 rings (SSSR count). The first-order chi connectivity index (χ1) is 12.0. The molecule has 0 aliphatic heterocycles. The standard InChI is InChI=1S/C17H23N3O4S/c1-3-24-8-5-7-20(11-12(2)17(22)23)16(21)14-10-13(18-19-14)15-6-4-9-25-15/h4,6,9-10,12H,3,5,7-8,11H2,1-2H3,(H,18,19)(H,22,23). The average molecular weight is 365 g/mol. The molecule has 0 aromatic carbocycles. The van der Waals surface area contributed by atoms with Crippen molar-refractivity contribution in [3.8, 4) is 10.6 Å². The van der Waals surface area contributed by atoms with E-state index in [-0.39, 0.29) is 18.1 Å². The molecule has 2 N–H and O–H groups in total. The van der Waals surface area contributed by atoms with Crippen LogP contribution in [0.3, 0.4) is 0 Å². The van der Waals surface area contributed by atoms with E-state index in [1.807, 2.05) is 24.4 Å². The number of amides is 1. The van der Waals surface area contributed by atoms with Crippen molar-refractivity contribution in [2.45, 2.75) is 20.3 Å². The minimum atomic E-state index is -0.927. The third-order valence-electron chi connectivity index (χ3n) is 3.71. The van der Waals surface area contributed by atoms with Crippen molar-refractivity contribution in [2.24, 2.45) is 5.92 Å². The summed E-state index contributed by atoms with van der Waals surface area (Å²) in [5.74, 6) is -1.85. The number of aromatic nitrogens is 2. The fourth-order valence-electron chi connectivity index (χ4n) is 2.34. The molecule has 1 unspecified atom stereocenters. The van der Waals surface area contributed by atoms with Crippen molar-refractivity contribution in [1.82, 2.24) is 15.1 Å². The van der Waals surface area contributed by atoms with Gasteiger partial charge in [-0.3, -0.25) is 14.7 Å². The quantitative estimate of drug-likeness (QED) is 0.631. The molecule has 2 aromatic heterocycles. The van der Waals surface area contributed by atoms with Crippen molar-refractivity contribution in [3.63, 3.8) is 0 Å². The lowest BCUT2D eigenvalue weighted by atomic mass is 10.1. The minimum absolute atomic E-state index is 0.140. The van der Waals surface area contributed by atoms with Crippen LogP contribution in [0.25, 0.3) is 10.6 Å². The van der Waals surface area contributed by atoms with Crippen LogP contribution in [0.1, 0.15) is 30.8 Å². The monoisotopic (exact) mass is 365 g/mol. The first-order valence-electron chi connectivity index (χ1n) is 8.22. The van der Waals surface area contributed by atoms with E-state index in [2.05, 4.69) is 10.2 Å². The Hall–Kier alpha value is -2.19. The molecule has 2 aromatic rings. The van der Waals surface area contributed by atoms with E-state index in [1.165, 1.54) is 4.90 Å². The largest absolute Gasteiger partial charge is 0.481 e. The van der Waals surface area contributed by atoms with E-state index in [0.717, 1.165) is 10.6 Å². The molecule has 0 bridgehead atoms. The van der Waals surface area contributed by atoms with Crippen molar-refractivity contribution < 1.29 is 19.4 Å². The molecule has 0 aliphatic carbocycles. The Balaban J connectivity index is 2.08. The zero-order valence-electron chi connectivity index (χ0n) is 14.4. The van der Waals surface area contributed by atoms with Gasteiger partial charge >= 0.3 is 5.97 Å². The highest BCUT2D eigenvalue weighted by atomic mass is 32.1. The lowest BCUT2D eigenvalue weighted by molar-refractivity contribution is -0.141. The van der Waals surface area contributed by atoms with Crippen molar-refractivity contribution >= 4 is 23.2 Å². The molecular formula is C17H23N3O4S. The summed E-state index contributed by atoms with van der Waals surface area (Å²) in [7, 11) is 0. The normalized spacial score (nSPS) is 12.1. The average Bonchev–Trinajstić information content (AvgIpc) is 3.27. The van der Waals surface area contributed by atoms with Gasteiger partial charge in [0.05, 0.1) is 16.5 Å². The van der Waals surface area contributed by atoms with Crippen LogP contribution < -0.4 is 0 Å². The number of nitrogens with zero attached hydrogens (tertiary/aromatic N) is 2.